The van der Waals surface area contributed by atoms with E-state index in [1.54, 1.807) is 0 Å². The molecule has 25 heavy (non-hydrogen) atoms. The number of hydrogen-bond acceptors (Lipinski definition) is 5. The van der Waals surface area contributed by atoms with Crippen LogP contribution in [0, 0.1) is 6.92 Å². The fraction of sp³-hybridized carbons (Fsp3) is 0.222. The molecule has 0 aliphatic heterocycles. The number of benzene rings is 2. The van der Waals surface area contributed by atoms with Gasteiger partial charge in [0.05, 0.1) is 14.2 Å². The molecule has 0 saturated heterocycles. The number of nitrogens with one attached hydrogen (secondary N) is 1. The molecule has 0 heterocycles. The molecule has 2 aromatic rings. The number of carbonyl (C=O) groups is 2. The van der Waals surface area contributed by atoms with Gasteiger partial charge in [-0.25, -0.2) is 0 Å². The van der Waals surface area contributed by atoms with Gasteiger partial charge in [0, 0.05) is 11.3 Å². The van der Waals surface area contributed by atoms with Crippen molar-refractivity contribution in [1.29, 1.82) is 0 Å². The van der Waals surface area contributed by atoms with E-state index in [1.807, 2.05) is 31.2 Å². The number of primary amides is 1. The average molecular weight is 344 g/mol. The standard InChI is InChI=1S/C18H20N2O5/c1-11-6-4-5-7-13(11)20-18(22)12-8-14(23-2)17(15(9-12)24-3)25-10-16(19)21/h4-9H,10H2,1-3H3,(H2,19,21)(H,20,22). The van der Waals surface area contributed by atoms with E-state index in [4.69, 9.17) is 19.9 Å². The van der Waals surface area contributed by atoms with E-state index in [9.17, 15) is 9.59 Å². The molecular weight excluding hydrogens is 324 g/mol. The van der Waals surface area contributed by atoms with Crippen LogP contribution in [0.15, 0.2) is 36.4 Å². The van der Waals surface area contributed by atoms with Gasteiger partial charge in [0.2, 0.25) is 5.75 Å². The van der Waals surface area contributed by atoms with Gasteiger partial charge in [-0.3, -0.25) is 9.59 Å². The smallest absolute Gasteiger partial charge is 0.255 e. The molecule has 2 amide bonds. The minimum Gasteiger partial charge on any atom is -0.493 e. The van der Waals surface area contributed by atoms with E-state index in [0.29, 0.717) is 11.3 Å². The van der Waals surface area contributed by atoms with Crippen LogP contribution < -0.4 is 25.3 Å². The minimum absolute atomic E-state index is 0.205. The van der Waals surface area contributed by atoms with E-state index in [1.165, 1.54) is 26.4 Å². The average Bonchev–Trinajstić information content (AvgIpc) is 2.60. The SMILES string of the molecule is COc1cc(C(=O)Nc2ccccc2C)cc(OC)c1OCC(N)=O. The van der Waals surface area contributed by atoms with E-state index < -0.39 is 5.91 Å². The number of para-hydroxylation sites is 1. The first-order valence-corrected chi connectivity index (χ1v) is 7.50. The Labute approximate surface area is 145 Å². The Balaban J connectivity index is 2.33. The van der Waals surface area contributed by atoms with Gasteiger partial charge < -0.3 is 25.3 Å². The molecule has 132 valence electrons. The fourth-order valence-electron chi connectivity index (χ4n) is 2.20. The van der Waals surface area contributed by atoms with Crippen molar-refractivity contribution >= 4 is 17.5 Å². The Kier molecular flexibility index (Phi) is 5.84. The summed E-state index contributed by atoms with van der Waals surface area (Å²) in [6.07, 6.45) is 0. The predicted molar refractivity (Wildman–Crippen MR) is 93.4 cm³/mol. The summed E-state index contributed by atoms with van der Waals surface area (Å²) < 4.78 is 15.8. The van der Waals surface area contributed by atoms with Crippen molar-refractivity contribution in [2.75, 3.05) is 26.1 Å². The second kappa shape index (κ2) is 8.05. The number of ether oxygens (including phenoxy) is 3. The predicted octanol–water partition coefficient (Wildman–Crippen LogP) is 2.13. The maximum atomic E-state index is 12.5. The summed E-state index contributed by atoms with van der Waals surface area (Å²) >= 11 is 0. The molecule has 0 spiro atoms. The van der Waals surface area contributed by atoms with Crippen molar-refractivity contribution < 1.29 is 23.8 Å². The van der Waals surface area contributed by atoms with Crippen molar-refractivity contribution in [2.24, 2.45) is 5.73 Å². The number of amides is 2. The maximum absolute atomic E-state index is 12.5. The summed E-state index contributed by atoms with van der Waals surface area (Å²) in [4.78, 5) is 23.5. The first-order chi connectivity index (χ1) is 12.0. The van der Waals surface area contributed by atoms with Crippen LogP contribution in [0.5, 0.6) is 17.2 Å². The molecule has 0 bridgehead atoms. The largest absolute Gasteiger partial charge is 0.493 e. The van der Waals surface area contributed by atoms with Crippen LogP contribution in [-0.2, 0) is 4.79 Å². The van der Waals surface area contributed by atoms with Gasteiger partial charge in [-0.1, -0.05) is 18.2 Å². The number of hydrogen-bond donors (Lipinski definition) is 2. The molecule has 0 radical (unpaired) electrons. The lowest BCUT2D eigenvalue weighted by Crippen LogP contribution is -2.20. The number of nitrogens with two attached hydrogens (primary N) is 1. The van der Waals surface area contributed by atoms with Crippen molar-refractivity contribution in [1.82, 2.24) is 0 Å². The topological polar surface area (TPSA) is 99.9 Å². The quantitative estimate of drug-likeness (QED) is 0.801. The molecule has 0 saturated carbocycles. The number of carbonyl (C=O) groups excluding carboxylic acids is 2. The zero-order chi connectivity index (χ0) is 18.4. The number of methoxy groups -OCH3 is 2. The molecule has 2 rings (SSSR count). The molecule has 0 unspecified atom stereocenters. The van der Waals surface area contributed by atoms with Crippen molar-refractivity contribution in [3.63, 3.8) is 0 Å². The molecule has 0 fully saturated rings. The van der Waals surface area contributed by atoms with Gasteiger partial charge in [0.1, 0.15) is 0 Å². The van der Waals surface area contributed by atoms with Gasteiger partial charge in [-0.15, -0.1) is 0 Å². The molecule has 0 atom stereocenters. The van der Waals surface area contributed by atoms with Crippen LogP contribution in [0.3, 0.4) is 0 Å². The van der Waals surface area contributed by atoms with Crippen LogP contribution >= 0.6 is 0 Å². The molecule has 7 heteroatoms. The van der Waals surface area contributed by atoms with E-state index >= 15 is 0 Å². The molecule has 2 aromatic carbocycles. The number of anilines is 1. The highest BCUT2D eigenvalue weighted by Crippen LogP contribution is 2.38. The molecule has 7 nitrogen and oxygen atoms in total. The second-order valence-electron chi connectivity index (χ2n) is 5.23. The Bertz CT molecular complexity index is 764. The molecular formula is C18H20N2O5. The van der Waals surface area contributed by atoms with Gasteiger partial charge in [0.15, 0.2) is 18.1 Å². The number of aryl methyl sites for hydroxylation is 1. The van der Waals surface area contributed by atoms with Crippen LogP contribution in [0.4, 0.5) is 5.69 Å². The summed E-state index contributed by atoms with van der Waals surface area (Å²) in [6, 6.07) is 10.5. The highest BCUT2D eigenvalue weighted by Gasteiger charge is 2.18. The van der Waals surface area contributed by atoms with Gasteiger partial charge in [0.25, 0.3) is 11.8 Å². The van der Waals surface area contributed by atoms with Crippen molar-refractivity contribution in [3.8, 4) is 17.2 Å². The molecule has 3 N–H and O–H groups in total. The fourth-order valence-corrected chi connectivity index (χ4v) is 2.20. The maximum Gasteiger partial charge on any atom is 0.255 e. The zero-order valence-corrected chi connectivity index (χ0v) is 14.3. The zero-order valence-electron chi connectivity index (χ0n) is 14.3. The lowest BCUT2D eigenvalue weighted by Gasteiger charge is -2.15. The first kappa shape index (κ1) is 18.1. The van der Waals surface area contributed by atoms with Crippen molar-refractivity contribution in [2.45, 2.75) is 6.92 Å². The monoisotopic (exact) mass is 344 g/mol. The van der Waals surface area contributed by atoms with Crippen LogP contribution in [0.2, 0.25) is 0 Å². The Morgan fingerprint density at radius 3 is 2.20 bits per heavy atom. The van der Waals surface area contributed by atoms with Crippen LogP contribution in [-0.4, -0.2) is 32.6 Å². The normalized spacial score (nSPS) is 10.0. The summed E-state index contributed by atoms with van der Waals surface area (Å²) in [7, 11) is 2.85. The molecule has 0 aromatic heterocycles. The molecule has 0 aliphatic rings. The summed E-state index contributed by atoms with van der Waals surface area (Å²) in [5, 5.41) is 2.83. The lowest BCUT2D eigenvalue weighted by molar-refractivity contribution is -0.120. The molecule has 0 aliphatic carbocycles. The third-order valence-electron chi connectivity index (χ3n) is 3.47. The van der Waals surface area contributed by atoms with E-state index in [-0.39, 0.29) is 29.8 Å². The van der Waals surface area contributed by atoms with Crippen molar-refractivity contribution in [3.05, 3.63) is 47.5 Å². The van der Waals surface area contributed by atoms with Crippen LogP contribution in [0.25, 0.3) is 0 Å². The summed E-state index contributed by atoms with van der Waals surface area (Å²) in [6.45, 7) is 1.57. The number of rotatable bonds is 7. The highest BCUT2D eigenvalue weighted by molar-refractivity contribution is 6.05. The Hall–Kier alpha value is -3.22. The minimum atomic E-state index is -0.634. The van der Waals surface area contributed by atoms with E-state index in [0.717, 1.165) is 5.56 Å². The van der Waals surface area contributed by atoms with Gasteiger partial charge in [-0.2, -0.15) is 0 Å². The Morgan fingerprint density at radius 1 is 1.08 bits per heavy atom. The third kappa shape index (κ3) is 4.41. The Morgan fingerprint density at radius 2 is 1.68 bits per heavy atom. The highest BCUT2D eigenvalue weighted by atomic mass is 16.5. The van der Waals surface area contributed by atoms with Crippen LogP contribution in [0.1, 0.15) is 15.9 Å². The van der Waals surface area contributed by atoms with Gasteiger partial charge in [-0.05, 0) is 30.7 Å². The van der Waals surface area contributed by atoms with Gasteiger partial charge >= 0.3 is 0 Å². The summed E-state index contributed by atoms with van der Waals surface area (Å²) in [5.74, 6) is -0.236. The third-order valence-corrected chi connectivity index (χ3v) is 3.47. The summed E-state index contributed by atoms with van der Waals surface area (Å²) in [5.41, 5.74) is 7.06. The second-order valence-corrected chi connectivity index (χ2v) is 5.23. The lowest BCUT2D eigenvalue weighted by atomic mass is 10.1. The first-order valence-electron chi connectivity index (χ1n) is 7.50. The van der Waals surface area contributed by atoms with E-state index in [2.05, 4.69) is 5.32 Å².